The molecule has 0 atom stereocenters. The first-order chi connectivity index (χ1) is 13.4. The van der Waals surface area contributed by atoms with Crippen LogP contribution in [0.2, 0.25) is 0 Å². The minimum absolute atomic E-state index is 0.247. The molecule has 9 nitrogen and oxygen atoms in total. The Balaban J connectivity index is 1.37. The Labute approximate surface area is 160 Å². The summed E-state index contributed by atoms with van der Waals surface area (Å²) in [7, 11) is 0. The van der Waals surface area contributed by atoms with Gasteiger partial charge in [0.15, 0.2) is 6.73 Å². The van der Waals surface area contributed by atoms with Crippen LogP contribution in [0.4, 0.5) is 4.79 Å². The number of fused-ring (bicyclic) bond motifs is 1. The summed E-state index contributed by atoms with van der Waals surface area (Å²) in [5.74, 6) is -2.39. The van der Waals surface area contributed by atoms with Crippen LogP contribution in [0, 0.1) is 0 Å². The molecule has 2 heterocycles. The zero-order valence-corrected chi connectivity index (χ0v) is 15.1. The summed E-state index contributed by atoms with van der Waals surface area (Å²) in [6.45, 7) is -1.13. The molecule has 1 saturated carbocycles. The SMILES string of the molecule is O=C(CN1C(=O)NC2(CCCCC2)C1=O)OCN1C(=O)c2ccccc2C1=O. The van der Waals surface area contributed by atoms with Crippen molar-refractivity contribution in [3.05, 3.63) is 35.4 Å². The van der Waals surface area contributed by atoms with Crippen molar-refractivity contribution in [3.8, 4) is 0 Å². The summed E-state index contributed by atoms with van der Waals surface area (Å²) in [5.41, 5.74) is -0.424. The summed E-state index contributed by atoms with van der Waals surface area (Å²) < 4.78 is 5.00. The number of imide groups is 2. The maximum Gasteiger partial charge on any atom is 0.328 e. The van der Waals surface area contributed by atoms with Crippen molar-refractivity contribution in [3.63, 3.8) is 0 Å². The summed E-state index contributed by atoms with van der Waals surface area (Å²) in [4.78, 5) is 63.2. The molecule has 1 aromatic rings. The van der Waals surface area contributed by atoms with Crippen LogP contribution in [0.5, 0.6) is 0 Å². The van der Waals surface area contributed by atoms with E-state index < -0.39 is 48.5 Å². The minimum Gasteiger partial charge on any atom is -0.442 e. The number of rotatable bonds is 4. The summed E-state index contributed by atoms with van der Waals surface area (Å²) in [6, 6.07) is 5.70. The number of hydrogen-bond donors (Lipinski definition) is 1. The van der Waals surface area contributed by atoms with Gasteiger partial charge in [0.1, 0.15) is 12.1 Å². The molecule has 1 spiro atoms. The number of ether oxygens (including phenoxy) is 1. The van der Waals surface area contributed by atoms with Crippen molar-refractivity contribution >= 4 is 29.7 Å². The quantitative estimate of drug-likeness (QED) is 0.471. The summed E-state index contributed by atoms with van der Waals surface area (Å²) >= 11 is 0. The third kappa shape index (κ3) is 2.83. The minimum atomic E-state index is -0.919. The number of carbonyl (C=O) groups excluding carboxylic acids is 5. The van der Waals surface area contributed by atoms with E-state index in [2.05, 4.69) is 5.32 Å². The highest BCUT2D eigenvalue weighted by molar-refractivity contribution is 6.21. The van der Waals surface area contributed by atoms with Gasteiger partial charge in [-0.05, 0) is 25.0 Å². The van der Waals surface area contributed by atoms with E-state index >= 15 is 0 Å². The maximum atomic E-state index is 12.7. The first kappa shape index (κ1) is 18.1. The van der Waals surface area contributed by atoms with Crippen LogP contribution in [0.1, 0.15) is 52.8 Å². The van der Waals surface area contributed by atoms with Crippen LogP contribution >= 0.6 is 0 Å². The Morgan fingerprint density at radius 1 is 0.964 bits per heavy atom. The Kier molecular flexibility index (Phi) is 4.37. The van der Waals surface area contributed by atoms with Crippen molar-refractivity contribution in [2.75, 3.05) is 13.3 Å². The van der Waals surface area contributed by atoms with Crippen LogP contribution in [-0.4, -0.2) is 58.3 Å². The van der Waals surface area contributed by atoms with Gasteiger partial charge in [-0.15, -0.1) is 0 Å². The van der Waals surface area contributed by atoms with Gasteiger partial charge in [0.25, 0.3) is 17.7 Å². The molecule has 2 fully saturated rings. The lowest BCUT2D eigenvalue weighted by Crippen LogP contribution is -2.48. The van der Waals surface area contributed by atoms with Gasteiger partial charge in [0, 0.05) is 0 Å². The third-order valence-corrected chi connectivity index (χ3v) is 5.47. The lowest BCUT2D eigenvalue weighted by atomic mass is 9.82. The van der Waals surface area contributed by atoms with E-state index in [0.29, 0.717) is 12.8 Å². The van der Waals surface area contributed by atoms with Crippen molar-refractivity contribution in [1.29, 1.82) is 0 Å². The number of hydrogen-bond acceptors (Lipinski definition) is 6. The topological polar surface area (TPSA) is 113 Å². The highest BCUT2D eigenvalue weighted by Gasteiger charge is 2.51. The van der Waals surface area contributed by atoms with Crippen LogP contribution in [-0.2, 0) is 14.3 Å². The van der Waals surface area contributed by atoms with Crippen molar-refractivity contribution in [2.45, 2.75) is 37.6 Å². The Morgan fingerprint density at radius 3 is 2.18 bits per heavy atom. The molecule has 2 aliphatic heterocycles. The molecule has 3 aliphatic rings. The largest absolute Gasteiger partial charge is 0.442 e. The maximum absolute atomic E-state index is 12.7. The van der Waals surface area contributed by atoms with Crippen LogP contribution in [0.25, 0.3) is 0 Å². The van der Waals surface area contributed by atoms with E-state index in [-0.39, 0.29) is 11.1 Å². The zero-order valence-electron chi connectivity index (χ0n) is 15.1. The van der Waals surface area contributed by atoms with E-state index in [4.69, 9.17) is 4.74 Å². The van der Waals surface area contributed by atoms with Gasteiger partial charge in [0.05, 0.1) is 11.1 Å². The first-order valence-corrected chi connectivity index (χ1v) is 9.18. The van der Waals surface area contributed by atoms with Gasteiger partial charge < -0.3 is 10.1 Å². The normalized spacial score (nSPS) is 20.6. The number of amides is 5. The molecule has 0 aromatic heterocycles. The molecule has 0 radical (unpaired) electrons. The van der Waals surface area contributed by atoms with E-state index in [1.807, 2.05) is 0 Å². The molecule has 0 unspecified atom stereocenters. The van der Waals surface area contributed by atoms with Gasteiger partial charge >= 0.3 is 12.0 Å². The van der Waals surface area contributed by atoms with Gasteiger partial charge in [-0.1, -0.05) is 31.4 Å². The van der Waals surface area contributed by atoms with Gasteiger partial charge in [0.2, 0.25) is 0 Å². The number of nitrogens with zero attached hydrogens (tertiary/aromatic N) is 2. The second kappa shape index (κ2) is 6.74. The fourth-order valence-corrected chi connectivity index (χ4v) is 3.98. The second-order valence-corrected chi connectivity index (χ2v) is 7.19. The lowest BCUT2D eigenvalue weighted by Gasteiger charge is -2.30. The molecule has 4 rings (SSSR count). The molecular formula is C19H19N3O6. The predicted molar refractivity (Wildman–Crippen MR) is 94.0 cm³/mol. The average molecular weight is 385 g/mol. The van der Waals surface area contributed by atoms with E-state index in [9.17, 15) is 24.0 Å². The highest BCUT2D eigenvalue weighted by atomic mass is 16.5. The fourth-order valence-electron chi connectivity index (χ4n) is 3.98. The molecule has 1 aromatic carbocycles. The number of benzene rings is 1. The number of urea groups is 1. The average Bonchev–Trinajstić information content (AvgIpc) is 3.07. The fraction of sp³-hybridized carbons (Fsp3) is 0.421. The lowest BCUT2D eigenvalue weighted by molar-refractivity contribution is -0.150. The summed E-state index contributed by atoms with van der Waals surface area (Å²) in [6.07, 6.45) is 3.79. The number of nitrogens with one attached hydrogen (secondary N) is 1. The summed E-state index contributed by atoms with van der Waals surface area (Å²) in [5, 5.41) is 2.71. The van der Waals surface area contributed by atoms with Crippen molar-refractivity contribution in [2.24, 2.45) is 0 Å². The molecule has 146 valence electrons. The van der Waals surface area contributed by atoms with Gasteiger partial charge in [-0.3, -0.25) is 24.1 Å². The predicted octanol–water partition coefficient (Wildman–Crippen LogP) is 1.04. The van der Waals surface area contributed by atoms with E-state index in [0.717, 1.165) is 29.1 Å². The van der Waals surface area contributed by atoms with Crippen molar-refractivity contribution in [1.82, 2.24) is 15.1 Å². The first-order valence-electron chi connectivity index (χ1n) is 9.18. The standard InChI is InChI=1S/C19H19N3O6/c23-14(10-21-17(26)19(20-18(21)27)8-4-1-5-9-19)28-11-22-15(24)12-6-2-3-7-13(12)16(22)25/h2-3,6-7H,1,4-5,8-11H2,(H,20,27). The van der Waals surface area contributed by atoms with E-state index in [1.165, 1.54) is 12.1 Å². The second-order valence-electron chi connectivity index (χ2n) is 7.19. The molecule has 5 amide bonds. The molecule has 0 bridgehead atoms. The zero-order chi connectivity index (χ0) is 19.9. The third-order valence-electron chi connectivity index (χ3n) is 5.47. The molecular weight excluding hydrogens is 366 g/mol. The molecule has 1 aliphatic carbocycles. The highest BCUT2D eigenvalue weighted by Crippen LogP contribution is 2.33. The molecule has 28 heavy (non-hydrogen) atoms. The van der Waals surface area contributed by atoms with Gasteiger partial charge in [-0.2, -0.15) is 0 Å². The van der Waals surface area contributed by atoms with Gasteiger partial charge in [-0.25, -0.2) is 9.69 Å². The van der Waals surface area contributed by atoms with E-state index in [1.54, 1.807) is 12.1 Å². The Hall–Kier alpha value is -3.23. The van der Waals surface area contributed by atoms with Crippen molar-refractivity contribution < 1.29 is 28.7 Å². The number of carbonyl (C=O) groups is 5. The molecule has 9 heteroatoms. The monoisotopic (exact) mass is 385 g/mol. The smallest absolute Gasteiger partial charge is 0.328 e. The van der Waals surface area contributed by atoms with Crippen LogP contribution in [0.3, 0.4) is 0 Å². The van der Waals surface area contributed by atoms with Crippen LogP contribution < -0.4 is 5.32 Å². The Bertz CT molecular complexity index is 854. The Morgan fingerprint density at radius 2 is 1.57 bits per heavy atom. The number of esters is 1. The molecule has 1 saturated heterocycles. The van der Waals surface area contributed by atoms with Crippen LogP contribution in [0.15, 0.2) is 24.3 Å². The molecule has 1 N–H and O–H groups in total.